The van der Waals surface area contributed by atoms with Crippen LogP contribution in [0.15, 0.2) is 16.5 Å². The third-order valence-corrected chi connectivity index (χ3v) is 4.33. The van der Waals surface area contributed by atoms with Gasteiger partial charge in [0.15, 0.2) is 15.7 Å². The van der Waals surface area contributed by atoms with Gasteiger partial charge in [0.05, 0.1) is 11.5 Å². The average molecular weight is 215 g/mol. The number of hydrogen-bond donors (Lipinski definition) is 1. The van der Waals surface area contributed by atoms with Crippen LogP contribution in [-0.2, 0) is 9.84 Å². The van der Waals surface area contributed by atoms with Crippen molar-refractivity contribution in [1.29, 1.82) is 0 Å². The van der Waals surface area contributed by atoms with Crippen LogP contribution in [0.3, 0.4) is 0 Å². The first-order valence-corrected chi connectivity index (χ1v) is 6.44. The molecule has 78 valence electrons. The van der Waals surface area contributed by atoms with Crippen LogP contribution in [0, 0.1) is 0 Å². The van der Waals surface area contributed by atoms with Gasteiger partial charge >= 0.3 is 0 Å². The summed E-state index contributed by atoms with van der Waals surface area (Å²) in [6.07, 6.45) is 1.58. The molecule has 0 spiro atoms. The smallest absolute Gasteiger partial charge is 0.190 e. The summed E-state index contributed by atoms with van der Waals surface area (Å²) >= 11 is 0. The molecular weight excluding hydrogens is 202 g/mol. The maximum Gasteiger partial charge on any atom is 0.190 e. The molecule has 4 nitrogen and oxygen atoms in total. The molecule has 0 radical (unpaired) electrons. The Morgan fingerprint density at radius 3 is 2.79 bits per heavy atom. The van der Waals surface area contributed by atoms with Gasteiger partial charge in [0, 0.05) is 12.0 Å². The Balaban J connectivity index is 2.20. The normalized spacial score (nSPS) is 26.1. The molecule has 0 amide bonds. The summed E-state index contributed by atoms with van der Waals surface area (Å²) in [5.74, 6) is 1.54. The molecule has 14 heavy (non-hydrogen) atoms. The summed E-state index contributed by atoms with van der Waals surface area (Å²) in [6, 6.07) is 3.43. The molecule has 1 aromatic rings. The van der Waals surface area contributed by atoms with E-state index in [4.69, 9.17) is 10.2 Å². The van der Waals surface area contributed by atoms with Gasteiger partial charge in [-0.2, -0.15) is 0 Å². The lowest BCUT2D eigenvalue weighted by Gasteiger charge is -2.19. The van der Waals surface area contributed by atoms with Crippen molar-refractivity contribution in [3.05, 3.63) is 17.9 Å². The predicted molar refractivity (Wildman–Crippen MR) is 53.7 cm³/mol. The Morgan fingerprint density at radius 2 is 2.21 bits per heavy atom. The van der Waals surface area contributed by atoms with Gasteiger partial charge in [-0.05, 0) is 18.9 Å². The molecule has 2 N–H and O–H groups in total. The van der Waals surface area contributed by atoms with Gasteiger partial charge in [-0.1, -0.05) is 0 Å². The molecular formula is C9H13NO3S. The van der Waals surface area contributed by atoms with E-state index in [1.807, 2.05) is 0 Å². The lowest BCUT2D eigenvalue weighted by Crippen LogP contribution is -2.23. The SMILES string of the molecule is Nc1ccc(C2CCCS(=O)(=O)C2)o1. The van der Waals surface area contributed by atoms with Crippen LogP contribution in [0.2, 0.25) is 0 Å². The first-order valence-electron chi connectivity index (χ1n) is 4.62. The Kier molecular flexibility index (Phi) is 2.26. The van der Waals surface area contributed by atoms with Crippen molar-refractivity contribution in [3.63, 3.8) is 0 Å². The number of furan rings is 1. The predicted octanol–water partition coefficient (Wildman–Crippen LogP) is 1.15. The van der Waals surface area contributed by atoms with Gasteiger partial charge in [-0.25, -0.2) is 8.42 Å². The van der Waals surface area contributed by atoms with Crippen LogP contribution in [0.25, 0.3) is 0 Å². The largest absolute Gasteiger partial charge is 0.446 e. The number of sulfone groups is 1. The van der Waals surface area contributed by atoms with Crippen molar-refractivity contribution in [2.75, 3.05) is 17.2 Å². The highest BCUT2D eigenvalue weighted by molar-refractivity contribution is 7.91. The highest BCUT2D eigenvalue weighted by atomic mass is 32.2. The Labute approximate surface area is 83.0 Å². The molecule has 1 fully saturated rings. The second-order valence-corrected chi connectivity index (χ2v) is 5.92. The summed E-state index contributed by atoms with van der Waals surface area (Å²) in [4.78, 5) is 0. The molecule has 1 unspecified atom stereocenters. The van der Waals surface area contributed by atoms with Crippen molar-refractivity contribution in [1.82, 2.24) is 0 Å². The van der Waals surface area contributed by atoms with Crippen LogP contribution in [-0.4, -0.2) is 19.9 Å². The zero-order valence-electron chi connectivity index (χ0n) is 7.77. The lowest BCUT2D eigenvalue weighted by molar-refractivity contribution is 0.459. The molecule has 1 aromatic heterocycles. The van der Waals surface area contributed by atoms with Gasteiger partial charge in [0.25, 0.3) is 0 Å². The van der Waals surface area contributed by atoms with Crippen LogP contribution < -0.4 is 5.73 Å². The third kappa shape index (κ3) is 1.92. The first kappa shape index (κ1) is 9.58. The van der Waals surface area contributed by atoms with Crippen molar-refractivity contribution in [2.24, 2.45) is 0 Å². The van der Waals surface area contributed by atoms with E-state index >= 15 is 0 Å². The fourth-order valence-electron chi connectivity index (χ4n) is 1.84. The van der Waals surface area contributed by atoms with Crippen molar-refractivity contribution < 1.29 is 12.8 Å². The topological polar surface area (TPSA) is 73.3 Å². The molecule has 1 aliphatic rings. The molecule has 1 atom stereocenters. The third-order valence-electron chi connectivity index (χ3n) is 2.51. The molecule has 0 saturated carbocycles. The highest BCUT2D eigenvalue weighted by Crippen LogP contribution is 2.29. The summed E-state index contributed by atoms with van der Waals surface area (Å²) in [7, 11) is -2.87. The second kappa shape index (κ2) is 3.31. The van der Waals surface area contributed by atoms with E-state index in [1.54, 1.807) is 12.1 Å². The molecule has 2 heterocycles. The maximum absolute atomic E-state index is 11.4. The maximum atomic E-state index is 11.4. The van der Waals surface area contributed by atoms with Gasteiger partial charge < -0.3 is 10.2 Å². The van der Waals surface area contributed by atoms with Crippen LogP contribution in [0.5, 0.6) is 0 Å². The summed E-state index contributed by atoms with van der Waals surface area (Å²) in [5.41, 5.74) is 5.44. The minimum atomic E-state index is -2.87. The second-order valence-electron chi connectivity index (χ2n) is 3.69. The van der Waals surface area contributed by atoms with Crippen molar-refractivity contribution in [2.45, 2.75) is 18.8 Å². The van der Waals surface area contributed by atoms with Gasteiger partial charge in [0.1, 0.15) is 5.76 Å². The number of anilines is 1. The Hall–Kier alpha value is -0.970. The van der Waals surface area contributed by atoms with Crippen molar-refractivity contribution in [3.8, 4) is 0 Å². The monoisotopic (exact) mass is 215 g/mol. The number of nitrogen functional groups attached to an aromatic ring is 1. The Morgan fingerprint density at radius 1 is 1.43 bits per heavy atom. The summed E-state index contributed by atoms with van der Waals surface area (Å²) in [6.45, 7) is 0. The molecule has 0 aliphatic carbocycles. The summed E-state index contributed by atoms with van der Waals surface area (Å²) < 4.78 is 28.0. The zero-order chi connectivity index (χ0) is 10.2. The number of hydrogen-bond acceptors (Lipinski definition) is 4. The van der Waals surface area contributed by atoms with Gasteiger partial charge in [-0.15, -0.1) is 0 Å². The van der Waals surface area contributed by atoms with E-state index in [-0.39, 0.29) is 11.7 Å². The van der Waals surface area contributed by atoms with E-state index in [1.165, 1.54) is 0 Å². The molecule has 0 bridgehead atoms. The fourth-order valence-corrected chi connectivity index (χ4v) is 3.55. The number of rotatable bonds is 1. The van der Waals surface area contributed by atoms with Crippen LogP contribution in [0.1, 0.15) is 24.5 Å². The van der Waals surface area contributed by atoms with Gasteiger partial charge in [-0.3, -0.25) is 0 Å². The van der Waals surface area contributed by atoms with Crippen LogP contribution in [0.4, 0.5) is 5.88 Å². The summed E-state index contributed by atoms with van der Waals surface area (Å²) in [5, 5.41) is 0. The lowest BCUT2D eigenvalue weighted by atomic mass is 10.0. The van der Waals surface area contributed by atoms with Crippen LogP contribution >= 0.6 is 0 Å². The fraction of sp³-hybridized carbons (Fsp3) is 0.556. The average Bonchev–Trinajstić information content (AvgIpc) is 2.50. The van der Waals surface area contributed by atoms with E-state index in [0.29, 0.717) is 23.8 Å². The molecule has 1 saturated heterocycles. The van der Waals surface area contributed by atoms with E-state index in [2.05, 4.69) is 0 Å². The Bertz CT molecular complexity index is 421. The van der Waals surface area contributed by atoms with Gasteiger partial charge in [0.2, 0.25) is 0 Å². The standard InChI is InChI=1S/C9H13NO3S/c10-9-4-3-8(13-9)7-2-1-5-14(11,12)6-7/h3-4,7H,1-2,5-6,10H2. The highest BCUT2D eigenvalue weighted by Gasteiger charge is 2.27. The molecule has 2 rings (SSSR count). The number of nitrogens with two attached hydrogens (primary N) is 1. The molecule has 0 aromatic carbocycles. The zero-order valence-corrected chi connectivity index (χ0v) is 8.59. The van der Waals surface area contributed by atoms with Crippen molar-refractivity contribution >= 4 is 15.7 Å². The van der Waals surface area contributed by atoms with E-state index < -0.39 is 9.84 Å². The first-order chi connectivity index (χ1) is 6.57. The molecule has 1 aliphatic heterocycles. The van der Waals surface area contributed by atoms with E-state index in [0.717, 1.165) is 6.42 Å². The molecule has 5 heteroatoms. The quantitative estimate of drug-likeness (QED) is 0.762. The minimum Gasteiger partial charge on any atom is -0.446 e. The van der Waals surface area contributed by atoms with E-state index in [9.17, 15) is 8.42 Å². The minimum absolute atomic E-state index is 0.00829.